The van der Waals surface area contributed by atoms with Crippen molar-refractivity contribution in [3.63, 3.8) is 0 Å². The topological polar surface area (TPSA) is 57.6 Å². The standard InChI is InChI=1S/C10H15NO3/c12-9-6-7(10(13)14)5-8-3-1-2-4-11(8)9/h7-8H,1-6H2,(H,13,14). The summed E-state index contributed by atoms with van der Waals surface area (Å²) in [7, 11) is 0. The van der Waals surface area contributed by atoms with Gasteiger partial charge in [-0.3, -0.25) is 9.59 Å². The number of aliphatic carboxylic acids is 1. The molecule has 4 nitrogen and oxygen atoms in total. The quantitative estimate of drug-likeness (QED) is 0.678. The SMILES string of the molecule is O=C(O)C1CC(=O)N2CCCCC2C1. The molecule has 2 aliphatic heterocycles. The van der Waals surface area contributed by atoms with Gasteiger partial charge in [0.15, 0.2) is 0 Å². The molecular weight excluding hydrogens is 182 g/mol. The van der Waals surface area contributed by atoms with E-state index in [-0.39, 0.29) is 18.4 Å². The van der Waals surface area contributed by atoms with Crippen molar-refractivity contribution in [1.29, 1.82) is 0 Å². The Hall–Kier alpha value is -1.06. The summed E-state index contributed by atoms with van der Waals surface area (Å²) in [5.74, 6) is -1.22. The van der Waals surface area contributed by atoms with Gasteiger partial charge >= 0.3 is 5.97 Å². The van der Waals surface area contributed by atoms with Crippen LogP contribution in [-0.2, 0) is 9.59 Å². The first kappa shape index (κ1) is 9.49. The van der Waals surface area contributed by atoms with Gasteiger partial charge in [0.2, 0.25) is 5.91 Å². The van der Waals surface area contributed by atoms with Crippen molar-refractivity contribution in [2.45, 2.75) is 38.1 Å². The molecule has 0 aromatic rings. The number of nitrogens with zero attached hydrogens (tertiary/aromatic N) is 1. The molecule has 2 aliphatic rings. The third-order valence-electron chi connectivity index (χ3n) is 3.27. The van der Waals surface area contributed by atoms with Crippen LogP contribution in [-0.4, -0.2) is 34.5 Å². The van der Waals surface area contributed by atoms with E-state index in [0.717, 1.165) is 25.8 Å². The number of hydrogen-bond acceptors (Lipinski definition) is 2. The zero-order valence-corrected chi connectivity index (χ0v) is 8.11. The number of fused-ring (bicyclic) bond motifs is 1. The Morgan fingerprint density at radius 1 is 1.43 bits per heavy atom. The Morgan fingerprint density at radius 3 is 2.93 bits per heavy atom. The van der Waals surface area contributed by atoms with Crippen LogP contribution in [0.2, 0.25) is 0 Å². The fourth-order valence-electron chi connectivity index (χ4n) is 2.50. The van der Waals surface area contributed by atoms with Gasteiger partial charge in [-0.25, -0.2) is 0 Å². The summed E-state index contributed by atoms with van der Waals surface area (Å²) in [6.45, 7) is 0.829. The number of rotatable bonds is 1. The van der Waals surface area contributed by atoms with Crippen LogP contribution in [0.3, 0.4) is 0 Å². The second kappa shape index (κ2) is 3.59. The van der Waals surface area contributed by atoms with Gasteiger partial charge in [0.05, 0.1) is 5.92 Å². The Kier molecular flexibility index (Phi) is 2.44. The summed E-state index contributed by atoms with van der Waals surface area (Å²) in [5, 5.41) is 8.88. The molecule has 4 heteroatoms. The fraction of sp³-hybridized carbons (Fsp3) is 0.800. The molecule has 0 radical (unpaired) electrons. The third-order valence-corrected chi connectivity index (χ3v) is 3.27. The predicted octanol–water partition coefficient (Wildman–Crippen LogP) is 0.862. The van der Waals surface area contributed by atoms with Crippen LogP contribution in [0.5, 0.6) is 0 Å². The van der Waals surface area contributed by atoms with Gasteiger partial charge < -0.3 is 10.0 Å². The number of carbonyl (C=O) groups excluding carboxylic acids is 1. The van der Waals surface area contributed by atoms with E-state index >= 15 is 0 Å². The lowest BCUT2D eigenvalue weighted by Gasteiger charge is -2.41. The highest BCUT2D eigenvalue weighted by Gasteiger charge is 2.37. The zero-order chi connectivity index (χ0) is 10.1. The maximum atomic E-state index is 11.6. The van der Waals surface area contributed by atoms with E-state index in [4.69, 9.17) is 5.11 Å². The molecule has 2 fully saturated rings. The van der Waals surface area contributed by atoms with Crippen molar-refractivity contribution in [2.24, 2.45) is 5.92 Å². The average Bonchev–Trinajstić information content (AvgIpc) is 2.17. The minimum atomic E-state index is -0.816. The molecule has 2 atom stereocenters. The number of amides is 1. The van der Waals surface area contributed by atoms with Crippen LogP contribution in [0, 0.1) is 5.92 Å². The van der Waals surface area contributed by atoms with Crippen molar-refractivity contribution in [1.82, 2.24) is 4.90 Å². The fourth-order valence-corrected chi connectivity index (χ4v) is 2.50. The van der Waals surface area contributed by atoms with E-state index in [1.165, 1.54) is 0 Å². The molecular formula is C10H15NO3. The minimum Gasteiger partial charge on any atom is -0.481 e. The summed E-state index contributed by atoms with van der Waals surface area (Å²) >= 11 is 0. The van der Waals surface area contributed by atoms with Gasteiger partial charge in [-0.15, -0.1) is 0 Å². The van der Waals surface area contributed by atoms with Gasteiger partial charge in [0.1, 0.15) is 0 Å². The third kappa shape index (κ3) is 1.61. The van der Waals surface area contributed by atoms with Crippen LogP contribution >= 0.6 is 0 Å². The lowest BCUT2D eigenvalue weighted by Crippen LogP contribution is -2.50. The highest BCUT2D eigenvalue weighted by molar-refractivity contribution is 5.84. The van der Waals surface area contributed by atoms with Gasteiger partial charge in [-0.2, -0.15) is 0 Å². The number of carboxylic acid groups (broad SMARTS) is 1. The maximum Gasteiger partial charge on any atom is 0.307 e. The Labute approximate surface area is 82.9 Å². The second-order valence-electron chi connectivity index (χ2n) is 4.21. The van der Waals surface area contributed by atoms with Crippen molar-refractivity contribution in [2.75, 3.05) is 6.54 Å². The molecule has 2 saturated heterocycles. The molecule has 14 heavy (non-hydrogen) atoms. The average molecular weight is 197 g/mol. The van der Waals surface area contributed by atoms with E-state index in [0.29, 0.717) is 6.42 Å². The van der Waals surface area contributed by atoms with E-state index < -0.39 is 11.9 Å². The summed E-state index contributed by atoms with van der Waals surface area (Å²) < 4.78 is 0. The molecule has 0 aliphatic carbocycles. The Morgan fingerprint density at radius 2 is 2.21 bits per heavy atom. The number of carbonyl (C=O) groups is 2. The lowest BCUT2D eigenvalue weighted by atomic mass is 9.85. The van der Waals surface area contributed by atoms with Crippen molar-refractivity contribution in [3.05, 3.63) is 0 Å². The van der Waals surface area contributed by atoms with E-state index in [1.807, 2.05) is 4.90 Å². The Bertz CT molecular complexity index is 264. The summed E-state index contributed by atoms with van der Waals surface area (Å²) in [6.07, 6.45) is 4.03. The van der Waals surface area contributed by atoms with E-state index in [9.17, 15) is 9.59 Å². The van der Waals surface area contributed by atoms with Gasteiger partial charge in [0, 0.05) is 19.0 Å². The number of hydrogen-bond donors (Lipinski definition) is 1. The molecule has 0 saturated carbocycles. The van der Waals surface area contributed by atoms with Crippen LogP contribution in [0.1, 0.15) is 32.1 Å². The number of carboxylic acids is 1. The second-order valence-corrected chi connectivity index (χ2v) is 4.21. The van der Waals surface area contributed by atoms with Crippen LogP contribution < -0.4 is 0 Å². The first-order valence-electron chi connectivity index (χ1n) is 5.21. The normalized spacial score (nSPS) is 32.6. The van der Waals surface area contributed by atoms with Gasteiger partial charge in [0.25, 0.3) is 0 Å². The highest BCUT2D eigenvalue weighted by atomic mass is 16.4. The summed E-state index contributed by atoms with van der Waals surface area (Å²) in [4.78, 5) is 24.3. The van der Waals surface area contributed by atoms with E-state index in [1.54, 1.807) is 0 Å². The molecule has 2 unspecified atom stereocenters. The number of piperidine rings is 2. The van der Waals surface area contributed by atoms with Crippen LogP contribution in [0.4, 0.5) is 0 Å². The molecule has 2 heterocycles. The predicted molar refractivity (Wildman–Crippen MR) is 49.7 cm³/mol. The van der Waals surface area contributed by atoms with Crippen LogP contribution in [0.25, 0.3) is 0 Å². The molecule has 0 bridgehead atoms. The molecule has 0 aromatic carbocycles. The lowest BCUT2D eigenvalue weighted by molar-refractivity contribution is -0.152. The molecule has 0 spiro atoms. The van der Waals surface area contributed by atoms with Crippen molar-refractivity contribution >= 4 is 11.9 Å². The minimum absolute atomic E-state index is 0.0355. The molecule has 1 amide bonds. The Balaban J connectivity index is 2.08. The monoisotopic (exact) mass is 197 g/mol. The highest BCUT2D eigenvalue weighted by Crippen LogP contribution is 2.30. The molecule has 78 valence electrons. The first-order valence-corrected chi connectivity index (χ1v) is 5.21. The van der Waals surface area contributed by atoms with Gasteiger partial charge in [-0.1, -0.05) is 0 Å². The summed E-state index contributed by atoms with van der Waals surface area (Å²) in [5.41, 5.74) is 0. The first-order chi connectivity index (χ1) is 6.68. The molecule has 2 rings (SSSR count). The van der Waals surface area contributed by atoms with Gasteiger partial charge in [-0.05, 0) is 25.7 Å². The van der Waals surface area contributed by atoms with Crippen molar-refractivity contribution < 1.29 is 14.7 Å². The van der Waals surface area contributed by atoms with Crippen molar-refractivity contribution in [3.8, 4) is 0 Å². The summed E-state index contributed by atoms with van der Waals surface area (Å²) in [6, 6.07) is 0.200. The zero-order valence-electron chi connectivity index (χ0n) is 8.11. The molecule has 0 aromatic heterocycles. The maximum absolute atomic E-state index is 11.6. The molecule has 1 N–H and O–H groups in total. The van der Waals surface area contributed by atoms with E-state index in [2.05, 4.69) is 0 Å². The van der Waals surface area contributed by atoms with Crippen LogP contribution in [0.15, 0.2) is 0 Å². The smallest absolute Gasteiger partial charge is 0.307 e. The largest absolute Gasteiger partial charge is 0.481 e.